The molecule has 2 aromatic heterocycles. The van der Waals surface area contributed by atoms with Gasteiger partial charge >= 0.3 is 13.2 Å². The number of nitrogens with one attached hydrogen (secondary N) is 2. The van der Waals surface area contributed by atoms with Crippen molar-refractivity contribution in [1.29, 1.82) is 0 Å². The Bertz CT molecular complexity index is 1410. The van der Waals surface area contributed by atoms with E-state index in [0.717, 1.165) is 22.4 Å². The largest absolute Gasteiger partial charge is 0.494 e. The van der Waals surface area contributed by atoms with Crippen molar-refractivity contribution < 1.29 is 23.6 Å². The topological polar surface area (TPSA) is 132 Å². The lowest BCUT2D eigenvalue weighted by atomic mass is 9.79. The van der Waals surface area contributed by atoms with Gasteiger partial charge in [-0.1, -0.05) is 38.1 Å². The van der Waals surface area contributed by atoms with E-state index in [4.69, 9.17) is 19.0 Å². The molecular weight excluding hydrogens is 547 g/mol. The molecule has 0 saturated carbocycles. The highest BCUT2D eigenvalue weighted by Crippen LogP contribution is 2.38. The minimum atomic E-state index is -0.734. The maximum Gasteiger partial charge on any atom is 0.494 e. The Kier molecular flexibility index (Phi) is 8.62. The molecule has 2 fully saturated rings. The molecule has 5 rings (SSSR count). The maximum atomic E-state index is 13.9. The lowest BCUT2D eigenvalue weighted by Crippen LogP contribution is -2.51. The van der Waals surface area contributed by atoms with Crippen molar-refractivity contribution in [2.45, 2.75) is 77.7 Å². The summed E-state index contributed by atoms with van der Waals surface area (Å²) in [5.41, 5.74) is 2.79. The summed E-state index contributed by atoms with van der Waals surface area (Å²) in [6, 6.07) is 7.01. The second-order valence-electron chi connectivity index (χ2n) is 12.8. The number of nitrogens with zero attached hydrogens (tertiary/aromatic N) is 4. The van der Waals surface area contributed by atoms with Crippen LogP contribution >= 0.6 is 0 Å². The summed E-state index contributed by atoms with van der Waals surface area (Å²) in [5.74, 6) is 0.530. The van der Waals surface area contributed by atoms with Gasteiger partial charge in [0.05, 0.1) is 41.9 Å². The molecule has 1 aromatic carbocycles. The number of methoxy groups -OCH3 is 1. The minimum absolute atomic E-state index is 0.138. The highest BCUT2D eigenvalue weighted by atomic mass is 16.7. The molecular formula is C31H41BN6O5. The van der Waals surface area contributed by atoms with Gasteiger partial charge in [0.1, 0.15) is 11.9 Å². The average molecular weight is 589 g/mol. The lowest BCUT2D eigenvalue weighted by molar-refractivity contribution is -0.135. The van der Waals surface area contributed by atoms with Gasteiger partial charge in [-0.25, -0.2) is 9.78 Å². The summed E-state index contributed by atoms with van der Waals surface area (Å²) in [4.78, 5) is 44.7. The van der Waals surface area contributed by atoms with Crippen molar-refractivity contribution in [3.05, 3.63) is 60.6 Å². The molecule has 2 aliphatic heterocycles. The number of H-pyrrole nitrogens is 1. The number of carbonyl (C=O) groups excluding carboxylic acids is 2. The Morgan fingerprint density at radius 2 is 1.79 bits per heavy atom. The van der Waals surface area contributed by atoms with Crippen LogP contribution in [0.5, 0.6) is 0 Å². The molecule has 228 valence electrons. The van der Waals surface area contributed by atoms with Crippen LogP contribution in [-0.4, -0.2) is 74.9 Å². The Balaban J connectivity index is 1.37. The van der Waals surface area contributed by atoms with Gasteiger partial charge in [-0.3, -0.25) is 14.8 Å². The minimum Gasteiger partial charge on any atom is -0.453 e. The molecule has 2 N–H and O–H groups in total. The fourth-order valence-corrected chi connectivity index (χ4v) is 5.63. The number of amides is 2. The second-order valence-corrected chi connectivity index (χ2v) is 12.8. The number of rotatable bonds is 8. The summed E-state index contributed by atoms with van der Waals surface area (Å²) in [6.07, 6.45) is 7.62. The van der Waals surface area contributed by atoms with E-state index in [1.54, 1.807) is 24.8 Å². The van der Waals surface area contributed by atoms with E-state index >= 15 is 0 Å². The molecule has 0 radical (unpaired) electrons. The fourth-order valence-electron chi connectivity index (χ4n) is 5.63. The highest BCUT2D eigenvalue weighted by molar-refractivity contribution is 6.62. The molecule has 3 unspecified atom stereocenters. The number of hydrogen-bond acceptors (Lipinski definition) is 8. The Labute approximate surface area is 253 Å². The zero-order valence-electron chi connectivity index (χ0n) is 26.0. The third kappa shape index (κ3) is 6.45. The summed E-state index contributed by atoms with van der Waals surface area (Å²) in [7, 11) is 0.854. The Hall–Kier alpha value is -3.77. The van der Waals surface area contributed by atoms with E-state index in [9.17, 15) is 9.59 Å². The number of hydrogen-bond donors (Lipinski definition) is 2. The van der Waals surface area contributed by atoms with Gasteiger partial charge in [0, 0.05) is 25.1 Å². The number of likely N-dealkylation sites (tertiary alicyclic amines) is 1. The van der Waals surface area contributed by atoms with Crippen molar-refractivity contribution >= 4 is 24.6 Å². The number of benzene rings is 1. The summed E-state index contributed by atoms with van der Waals surface area (Å²) < 4.78 is 17.2. The van der Waals surface area contributed by atoms with Gasteiger partial charge in [-0.15, -0.1) is 0 Å². The molecule has 43 heavy (non-hydrogen) atoms. The Morgan fingerprint density at radius 3 is 2.40 bits per heavy atom. The first kappa shape index (κ1) is 30.7. The van der Waals surface area contributed by atoms with Crippen molar-refractivity contribution in [2.24, 2.45) is 11.8 Å². The van der Waals surface area contributed by atoms with Crippen LogP contribution in [-0.2, 0) is 25.3 Å². The quantitative estimate of drug-likeness (QED) is 0.381. The highest BCUT2D eigenvalue weighted by Gasteiger charge is 2.51. The van der Waals surface area contributed by atoms with E-state index in [-0.39, 0.29) is 23.8 Å². The van der Waals surface area contributed by atoms with Crippen molar-refractivity contribution in [3.63, 3.8) is 0 Å². The summed E-state index contributed by atoms with van der Waals surface area (Å²) >= 11 is 0. The van der Waals surface area contributed by atoms with Crippen molar-refractivity contribution in [1.82, 2.24) is 30.2 Å². The third-order valence-electron chi connectivity index (χ3n) is 8.83. The van der Waals surface area contributed by atoms with Gasteiger partial charge in [0.15, 0.2) is 0 Å². The average Bonchev–Trinajstić information content (AvgIpc) is 3.67. The predicted octanol–water partition coefficient (Wildman–Crippen LogP) is 3.68. The molecule has 3 aromatic rings. The van der Waals surface area contributed by atoms with Crippen LogP contribution < -0.4 is 10.8 Å². The second kappa shape index (κ2) is 12.1. The zero-order valence-corrected chi connectivity index (χ0v) is 26.0. The Morgan fingerprint density at radius 1 is 1.09 bits per heavy atom. The van der Waals surface area contributed by atoms with Crippen LogP contribution in [0.4, 0.5) is 4.79 Å². The van der Waals surface area contributed by atoms with E-state index in [2.05, 4.69) is 20.3 Å². The first-order valence-electron chi connectivity index (χ1n) is 14.8. The van der Waals surface area contributed by atoms with Crippen LogP contribution in [0.25, 0.3) is 11.3 Å². The summed E-state index contributed by atoms with van der Waals surface area (Å²) in [5, 5.41) is 2.72. The van der Waals surface area contributed by atoms with Crippen LogP contribution in [0, 0.1) is 11.8 Å². The molecule has 2 saturated heterocycles. The monoisotopic (exact) mass is 588 g/mol. The molecule has 0 spiro atoms. The SMILES string of the molecule is COC(=O)NC(C(=O)N1CC(Cc2cnccn2)CC1c1ncc(-c2ccc(B3OC(C)(C)C(C)(C)O3)cc2)[nH]1)C(C)C. The normalized spacial score (nSPS) is 21.7. The van der Waals surface area contributed by atoms with Gasteiger partial charge in [-0.05, 0) is 63.4 Å². The van der Waals surface area contributed by atoms with Crippen LogP contribution in [0.15, 0.2) is 49.1 Å². The fraction of sp³-hybridized carbons (Fsp3) is 0.516. The first-order valence-corrected chi connectivity index (χ1v) is 14.8. The predicted molar refractivity (Wildman–Crippen MR) is 162 cm³/mol. The van der Waals surface area contributed by atoms with Gasteiger partial charge in [0.25, 0.3) is 0 Å². The van der Waals surface area contributed by atoms with Gasteiger partial charge in [0.2, 0.25) is 5.91 Å². The van der Waals surface area contributed by atoms with E-state index in [1.165, 1.54) is 7.11 Å². The third-order valence-corrected chi connectivity index (χ3v) is 8.83. The number of imidazole rings is 1. The molecule has 0 aliphatic carbocycles. The number of alkyl carbamates (subject to hydrolysis) is 1. The molecule has 0 bridgehead atoms. The van der Waals surface area contributed by atoms with Crippen molar-refractivity contribution in [3.8, 4) is 11.3 Å². The smallest absolute Gasteiger partial charge is 0.453 e. The summed E-state index contributed by atoms with van der Waals surface area (Å²) in [6.45, 7) is 12.5. The number of carbonyl (C=O) groups is 2. The van der Waals surface area contributed by atoms with Crippen LogP contribution in [0.2, 0.25) is 0 Å². The van der Waals surface area contributed by atoms with E-state index < -0.39 is 30.5 Å². The molecule has 11 nitrogen and oxygen atoms in total. The van der Waals surface area contributed by atoms with Crippen molar-refractivity contribution in [2.75, 3.05) is 13.7 Å². The van der Waals surface area contributed by atoms with E-state index in [0.29, 0.717) is 25.2 Å². The van der Waals surface area contributed by atoms with E-state index in [1.807, 2.05) is 70.7 Å². The van der Waals surface area contributed by atoms with Crippen LogP contribution in [0.1, 0.15) is 65.5 Å². The molecule has 2 aliphatic rings. The molecule has 4 heterocycles. The van der Waals surface area contributed by atoms with Gasteiger partial charge < -0.3 is 29.2 Å². The number of ether oxygens (including phenoxy) is 1. The standard InChI is InChI=1S/C31H41BN6O5/c1-19(2)26(37-29(40)41-7)28(39)38-18-20(14-23-16-33-12-13-34-23)15-25(38)27-35-17-24(36-27)21-8-10-22(11-9-21)32-42-30(3,4)31(5,6)43-32/h8-13,16-17,19-20,25-26H,14-15,18H2,1-7H3,(H,35,36)(H,37,40). The lowest BCUT2D eigenvalue weighted by Gasteiger charge is -2.32. The zero-order chi connectivity index (χ0) is 30.9. The first-order chi connectivity index (χ1) is 20.4. The number of aromatic nitrogens is 4. The maximum absolute atomic E-state index is 13.9. The van der Waals surface area contributed by atoms with Gasteiger partial charge in [-0.2, -0.15) is 0 Å². The molecule has 3 atom stereocenters. The van der Waals surface area contributed by atoms with Crippen LogP contribution in [0.3, 0.4) is 0 Å². The molecule has 2 amide bonds. The number of aromatic amines is 1. The molecule has 12 heteroatoms.